The molecule has 0 atom stereocenters. The summed E-state index contributed by atoms with van der Waals surface area (Å²) in [5.74, 6) is 2.12. The van der Waals surface area contributed by atoms with Gasteiger partial charge in [0.25, 0.3) is 0 Å². The molecule has 7 heteroatoms. The standard InChI is InChI=1S/2C14H25OSi.2ClH.Zr/c2*1-11(2)16(12(3)4,13(5)6)15-14-9-7-8-10-14;;;/h2*7-13H,1-6H3;2*1H;/q2*-1;;;+4/p-2. The van der Waals surface area contributed by atoms with Gasteiger partial charge < -0.3 is 33.7 Å². The second-order valence-electron chi connectivity index (χ2n) is 11.1. The van der Waals surface area contributed by atoms with Crippen LogP contribution < -0.4 is 33.7 Å². The van der Waals surface area contributed by atoms with E-state index in [9.17, 15) is 0 Å². The van der Waals surface area contributed by atoms with Crippen molar-refractivity contribution >= 4 is 16.6 Å². The number of hydrogen-bond acceptors (Lipinski definition) is 2. The normalized spacial score (nSPS) is 11.7. The third-order valence-corrected chi connectivity index (χ3v) is 19.3. The topological polar surface area (TPSA) is 18.5 Å². The van der Waals surface area contributed by atoms with E-state index in [1.54, 1.807) is 0 Å². The fourth-order valence-electron chi connectivity index (χ4n) is 5.96. The molecule has 0 amide bonds. The molecule has 200 valence electrons. The second kappa shape index (κ2) is 17.7. The molecular formula is C28H50Cl2O2Si2Zr. The van der Waals surface area contributed by atoms with Gasteiger partial charge in [0.15, 0.2) is 0 Å². The molecule has 0 heterocycles. The van der Waals surface area contributed by atoms with E-state index in [-0.39, 0.29) is 51.0 Å². The second-order valence-corrected chi connectivity index (χ2v) is 21.8. The summed E-state index contributed by atoms with van der Waals surface area (Å²) in [5.41, 5.74) is 3.85. The monoisotopic (exact) mass is 634 g/mol. The Morgan fingerprint density at radius 1 is 0.429 bits per heavy atom. The van der Waals surface area contributed by atoms with Crippen LogP contribution >= 0.6 is 0 Å². The van der Waals surface area contributed by atoms with E-state index in [0.717, 1.165) is 11.5 Å². The first-order chi connectivity index (χ1) is 14.8. The first kappa shape index (κ1) is 39.7. The maximum atomic E-state index is 6.47. The molecule has 35 heavy (non-hydrogen) atoms. The molecular weight excluding hydrogens is 587 g/mol. The summed E-state index contributed by atoms with van der Waals surface area (Å²) in [6.07, 6.45) is 0. The average molecular weight is 637 g/mol. The van der Waals surface area contributed by atoms with Crippen LogP contribution in [0.2, 0.25) is 33.2 Å². The zero-order valence-corrected chi connectivity index (χ0v) is 30.1. The Balaban J connectivity index is -0.000000539. The van der Waals surface area contributed by atoms with Gasteiger partial charge in [-0.15, -0.1) is 24.3 Å². The van der Waals surface area contributed by atoms with Gasteiger partial charge in [0.2, 0.25) is 16.6 Å². The summed E-state index contributed by atoms with van der Waals surface area (Å²) in [6.45, 7) is 27.8. The Labute approximate surface area is 251 Å². The Morgan fingerprint density at radius 3 is 0.743 bits per heavy atom. The fraction of sp³-hybridized carbons (Fsp3) is 0.643. The zero-order chi connectivity index (χ0) is 24.7. The molecule has 0 spiro atoms. The molecule has 0 N–H and O–H groups in total. The Kier molecular flexibility index (Phi) is 20.0. The van der Waals surface area contributed by atoms with E-state index >= 15 is 0 Å². The molecule has 0 bridgehead atoms. The van der Waals surface area contributed by atoms with Crippen molar-refractivity contribution in [2.75, 3.05) is 0 Å². The summed E-state index contributed by atoms with van der Waals surface area (Å²) in [4.78, 5) is 0. The van der Waals surface area contributed by atoms with Gasteiger partial charge >= 0.3 is 26.2 Å². The molecule has 0 aliphatic carbocycles. The van der Waals surface area contributed by atoms with Gasteiger partial charge in [0, 0.05) is 0 Å². The molecule has 0 aliphatic heterocycles. The van der Waals surface area contributed by atoms with Crippen LogP contribution in [0, 0.1) is 0 Å². The maximum Gasteiger partial charge on any atom is 4.00 e. The summed E-state index contributed by atoms with van der Waals surface area (Å²) in [7, 11) is -3.46. The van der Waals surface area contributed by atoms with Gasteiger partial charge in [-0.25, -0.2) is 24.3 Å². The third-order valence-electron chi connectivity index (χ3n) is 7.27. The van der Waals surface area contributed by atoms with Crippen LogP contribution in [0.15, 0.2) is 48.5 Å². The first-order valence-electron chi connectivity index (χ1n) is 12.6. The van der Waals surface area contributed by atoms with Crippen molar-refractivity contribution in [2.45, 2.75) is 116 Å². The molecule has 2 rings (SSSR count). The van der Waals surface area contributed by atoms with Crippen LogP contribution in [0.5, 0.6) is 11.5 Å². The van der Waals surface area contributed by atoms with Crippen LogP contribution in [0.1, 0.15) is 83.1 Å². The summed E-state index contributed by atoms with van der Waals surface area (Å²) < 4.78 is 12.9. The molecule has 0 saturated carbocycles. The summed E-state index contributed by atoms with van der Waals surface area (Å²) in [5, 5.41) is 0. The van der Waals surface area contributed by atoms with Crippen molar-refractivity contribution < 1.29 is 59.9 Å². The molecule has 2 nitrogen and oxygen atoms in total. The quantitative estimate of drug-likeness (QED) is 0.291. The number of halogens is 2. The van der Waals surface area contributed by atoms with Crippen molar-refractivity contribution in [3.05, 3.63) is 48.5 Å². The molecule has 0 unspecified atom stereocenters. The SMILES string of the molecule is CC(C)[Si](O[c-]1cccc1)(C(C)C)C(C)C.CC(C)[Si](O[c-]1cccc1)(C(C)C)C(C)C.[Cl-].[Cl-].[Zr+4]. The summed E-state index contributed by atoms with van der Waals surface area (Å²) >= 11 is 0. The average Bonchev–Trinajstić information content (AvgIpc) is 3.36. The zero-order valence-electron chi connectivity index (χ0n) is 24.2. The fourth-order valence-corrected chi connectivity index (χ4v) is 16.5. The maximum absolute atomic E-state index is 6.47. The molecule has 2 aromatic rings. The van der Waals surface area contributed by atoms with E-state index in [1.165, 1.54) is 0 Å². The third kappa shape index (κ3) is 9.78. The van der Waals surface area contributed by atoms with Gasteiger partial charge in [-0.2, -0.15) is 0 Å². The van der Waals surface area contributed by atoms with Crippen molar-refractivity contribution in [1.29, 1.82) is 0 Å². The van der Waals surface area contributed by atoms with Crippen LogP contribution in [0.3, 0.4) is 0 Å². The minimum Gasteiger partial charge on any atom is -1.00 e. The molecule has 0 aromatic heterocycles. The van der Waals surface area contributed by atoms with E-state index in [4.69, 9.17) is 8.85 Å². The van der Waals surface area contributed by atoms with Crippen molar-refractivity contribution in [2.24, 2.45) is 0 Å². The Hall–Kier alpha value is 0.197. The van der Waals surface area contributed by atoms with E-state index in [2.05, 4.69) is 132 Å². The predicted molar refractivity (Wildman–Crippen MR) is 147 cm³/mol. The van der Waals surface area contributed by atoms with Crippen LogP contribution in [-0.2, 0) is 26.2 Å². The molecule has 0 radical (unpaired) electrons. The number of rotatable bonds is 10. The van der Waals surface area contributed by atoms with Crippen LogP contribution in [0.4, 0.5) is 0 Å². The van der Waals surface area contributed by atoms with Gasteiger partial charge in [-0.1, -0.05) is 83.1 Å². The van der Waals surface area contributed by atoms with Crippen LogP contribution in [0.25, 0.3) is 0 Å². The van der Waals surface area contributed by atoms with E-state index in [1.807, 2.05) is 0 Å². The Bertz CT molecular complexity index is 635. The Morgan fingerprint density at radius 2 is 0.600 bits per heavy atom. The van der Waals surface area contributed by atoms with Gasteiger partial charge in [0.05, 0.1) is 0 Å². The van der Waals surface area contributed by atoms with E-state index < -0.39 is 16.6 Å². The molecule has 0 aliphatic rings. The first-order valence-corrected chi connectivity index (χ1v) is 16.9. The smallest absolute Gasteiger partial charge is 1.00 e. The minimum absolute atomic E-state index is 0. The summed E-state index contributed by atoms with van der Waals surface area (Å²) in [6, 6.07) is 16.5. The van der Waals surface area contributed by atoms with Crippen molar-refractivity contribution in [3.8, 4) is 11.5 Å². The van der Waals surface area contributed by atoms with E-state index in [0.29, 0.717) is 33.2 Å². The van der Waals surface area contributed by atoms with Gasteiger partial charge in [-0.05, 0) is 44.7 Å². The molecule has 2 aromatic carbocycles. The van der Waals surface area contributed by atoms with Gasteiger partial charge in [0.1, 0.15) is 0 Å². The largest absolute Gasteiger partial charge is 4.00 e. The van der Waals surface area contributed by atoms with Crippen LogP contribution in [-0.4, -0.2) is 16.6 Å². The minimum atomic E-state index is -1.73. The van der Waals surface area contributed by atoms with Crippen molar-refractivity contribution in [3.63, 3.8) is 0 Å². The predicted octanol–water partition coefficient (Wildman–Crippen LogP) is 3.93. The van der Waals surface area contributed by atoms with Crippen molar-refractivity contribution in [1.82, 2.24) is 0 Å². The van der Waals surface area contributed by atoms with Gasteiger partial charge in [-0.3, -0.25) is 0 Å². The molecule has 0 saturated heterocycles. The molecule has 0 fully saturated rings. The number of hydrogen-bond donors (Lipinski definition) is 0.